The van der Waals surface area contributed by atoms with E-state index in [1.165, 1.54) is 11.8 Å². The third-order valence-electron chi connectivity index (χ3n) is 5.55. The maximum Gasteiger partial charge on any atom is 0.254 e. The zero-order valence-electron chi connectivity index (χ0n) is 17.0. The normalized spacial score (nSPS) is 19.5. The molecule has 1 fully saturated rings. The van der Waals surface area contributed by atoms with Crippen molar-refractivity contribution in [2.75, 3.05) is 39.0 Å². The smallest absolute Gasteiger partial charge is 0.254 e. The van der Waals surface area contributed by atoms with Crippen LogP contribution in [0.5, 0.6) is 11.5 Å². The Morgan fingerprint density at radius 3 is 2.93 bits per heavy atom. The van der Waals surface area contributed by atoms with Crippen molar-refractivity contribution in [2.24, 2.45) is 5.92 Å². The fraction of sp³-hybridized carbons (Fsp3) is 0.455. The van der Waals surface area contributed by atoms with E-state index in [1.54, 1.807) is 12.3 Å². The lowest BCUT2D eigenvalue weighted by atomic mass is 9.96. The van der Waals surface area contributed by atoms with Gasteiger partial charge in [-0.05, 0) is 68.4 Å². The van der Waals surface area contributed by atoms with Gasteiger partial charge in [0.1, 0.15) is 17.7 Å². The second kappa shape index (κ2) is 10.0. The number of amides is 1. The molecule has 4 rings (SSSR count). The van der Waals surface area contributed by atoms with Crippen molar-refractivity contribution in [3.8, 4) is 11.5 Å². The number of aromatic nitrogens is 1. The third kappa shape index (κ3) is 5.28. The summed E-state index contributed by atoms with van der Waals surface area (Å²) >= 11 is 4.98. The van der Waals surface area contributed by atoms with Gasteiger partial charge in [0.05, 0.1) is 5.56 Å². The Bertz CT molecular complexity index is 890. The van der Waals surface area contributed by atoms with Crippen molar-refractivity contribution >= 4 is 33.6 Å². The molecule has 160 valence electrons. The fourth-order valence-corrected chi connectivity index (χ4v) is 4.79. The van der Waals surface area contributed by atoms with Gasteiger partial charge >= 0.3 is 0 Å². The van der Waals surface area contributed by atoms with Crippen LogP contribution >= 0.6 is 27.7 Å². The third-order valence-corrected chi connectivity index (χ3v) is 6.76. The molecule has 30 heavy (non-hydrogen) atoms. The van der Waals surface area contributed by atoms with Gasteiger partial charge in [0, 0.05) is 23.8 Å². The van der Waals surface area contributed by atoms with E-state index in [-0.39, 0.29) is 12.0 Å². The van der Waals surface area contributed by atoms with Crippen LogP contribution in [0.4, 0.5) is 0 Å². The molecule has 2 aliphatic heterocycles. The number of nitrogens with one attached hydrogen (secondary N) is 1. The highest BCUT2D eigenvalue weighted by Gasteiger charge is 2.26. The number of halogens is 1. The number of pyridine rings is 1. The Morgan fingerprint density at radius 1 is 1.30 bits per heavy atom. The maximum atomic E-state index is 12.5. The van der Waals surface area contributed by atoms with E-state index in [2.05, 4.69) is 31.1 Å². The number of rotatable bonds is 6. The van der Waals surface area contributed by atoms with E-state index in [1.807, 2.05) is 30.5 Å². The highest BCUT2D eigenvalue weighted by molar-refractivity contribution is 9.10. The minimum atomic E-state index is -0.0348. The first-order valence-electron chi connectivity index (χ1n) is 10.2. The molecule has 1 aromatic heterocycles. The second-order valence-electron chi connectivity index (χ2n) is 7.66. The number of fused-ring (bicyclic) bond motifs is 1. The van der Waals surface area contributed by atoms with E-state index in [0.29, 0.717) is 24.6 Å². The molecule has 3 heterocycles. The minimum absolute atomic E-state index is 0.0348. The summed E-state index contributed by atoms with van der Waals surface area (Å²) in [5.41, 5.74) is 0.656. The van der Waals surface area contributed by atoms with Gasteiger partial charge in [-0.15, -0.1) is 11.8 Å². The van der Waals surface area contributed by atoms with Crippen LogP contribution in [0.3, 0.4) is 0 Å². The molecule has 1 aromatic carbocycles. The van der Waals surface area contributed by atoms with Gasteiger partial charge in [0.15, 0.2) is 11.5 Å². The predicted molar refractivity (Wildman–Crippen MR) is 122 cm³/mol. The number of hydrogen-bond acceptors (Lipinski definition) is 6. The molecule has 1 atom stereocenters. The van der Waals surface area contributed by atoms with E-state index < -0.39 is 0 Å². The Kier molecular flexibility index (Phi) is 7.17. The number of nitrogens with zero attached hydrogens (tertiary/aromatic N) is 2. The van der Waals surface area contributed by atoms with Crippen LogP contribution in [0.1, 0.15) is 23.2 Å². The van der Waals surface area contributed by atoms with E-state index in [9.17, 15) is 4.79 Å². The molecule has 2 aliphatic rings. The van der Waals surface area contributed by atoms with Gasteiger partial charge in [-0.3, -0.25) is 9.69 Å². The summed E-state index contributed by atoms with van der Waals surface area (Å²) < 4.78 is 13.0. The lowest BCUT2D eigenvalue weighted by molar-refractivity contribution is 0.0476. The largest absolute Gasteiger partial charge is 0.486 e. The van der Waals surface area contributed by atoms with Crippen molar-refractivity contribution in [1.29, 1.82) is 0 Å². The summed E-state index contributed by atoms with van der Waals surface area (Å²) in [6.45, 7) is 4.16. The number of ether oxygens (including phenoxy) is 2. The molecule has 0 radical (unpaired) electrons. The molecule has 6 nitrogen and oxygen atoms in total. The van der Waals surface area contributed by atoms with Crippen LogP contribution in [-0.4, -0.2) is 60.9 Å². The molecule has 1 N–H and O–H groups in total. The molecule has 8 heteroatoms. The zero-order chi connectivity index (χ0) is 20.9. The lowest BCUT2D eigenvalue weighted by Gasteiger charge is -2.35. The van der Waals surface area contributed by atoms with E-state index in [0.717, 1.165) is 53.5 Å². The van der Waals surface area contributed by atoms with Gasteiger partial charge in [-0.1, -0.05) is 15.9 Å². The zero-order valence-corrected chi connectivity index (χ0v) is 19.4. The maximum absolute atomic E-state index is 12.5. The molecule has 0 spiro atoms. The molecule has 0 aliphatic carbocycles. The van der Waals surface area contributed by atoms with Crippen LogP contribution in [0, 0.1) is 5.92 Å². The van der Waals surface area contributed by atoms with Crippen LogP contribution in [0.15, 0.2) is 46.0 Å². The number of likely N-dealkylation sites (tertiary alicyclic amines) is 1. The molecule has 2 aromatic rings. The van der Waals surface area contributed by atoms with Crippen molar-refractivity contribution in [1.82, 2.24) is 15.2 Å². The second-order valence-corrected chi connectivity index (χ2v) is 9.37. The fourth-order valence-electron chi connectivity index (χ4n) is 3.90. The number of carbonyl (C=O) groups excluding carboxylic acids is 1. The monoisotopic (exact) mass is 491 g/mol. The number of thioether (sulfide) groups is 1. The van der Waals surface area contributed by atoms with Gasteiger partial charge in [-0.25, -0.2) is 4.98 Å². The van der Waals surface area contributed by atoms with Gasteiger partial charge in [0.2, 0.25) is 0 Å². The first-order chi connectivity index (χ1) is 14.6. The highest BCUT2D eigenvalue weighted by Crippen LogP contribution is 2.34. The average molecular weight is 492 g/mol. The van der Waals surface area contributed by atoms with Crippen LogP contribution in [0.25, 0.3) is 0 Å². The number of carbonyl (C=O) groups is 1. The van der Waals surface area contributed by atoms with Crippen molar-refractivity contribution in [2.45, 2.75) is 24.0 Å². The average Bonchev–Trinajstić information content (AvgIpc) is 2.78. The molecular formula is C22H26BrN3O3S. The van der Waals surface area contributed by atoms with Crippen LogP contribution in [0.2, 0.25) is 0 Å². The van der Waals surface area contributed by atoms with Crippen LogP contribution < -0.4 is 14.8 Å². The summed E-state index contributed by atoms with van der Waals surface area (Å²) in [5.74, 6) is 2.08. The topological polar surface area (TPSA) is 63.7 Å². The molecule has 1 saturated heterocycles. The predicted octanol–water partition coefficient (Wildman–Crippen LogP) is 3.85. The Labute approximate surface area is 189 Å². The summed E-state index contributed by atoms with van der Waals surface area (Å²) in [5, 5.41) is 3.87. The molecular weight excluding hydrogens is 466 g/mol. The number of benzene rings is 1. The highest BCUT2D eigenvalue weighted by atomic mass is 79.9. The van der Waals surface area contributed by atoms with Crippen LogP contribution in [-0.2, 0) is 0 Å². The van der Waals surface area contributed by atoms with Gasteiger partial charge in [-0.2, -0.15) is 0 Å². The van der Waals surface area contributed by atoms with E-state index >= 15 is 0 Å². The van der Waals surface area contributed by atoms with E-state index in [4.69, 9.17) is 9.47 Å². The molecule has 1 amide bonds. The first kappa shape index (κ1) is 21.5. The van der Waals surface area contributed by atoms with Gasteiger partial charge in [0.25, 0.3) is 5.91 Å². The summed E-state index contributed by atoms with van der Waals surface area (Å²) in [6.07, 6.45) is 5.83. The van der Waals surface area contributed by atoms with Gasteiger partial charge < -0.3 is 14.8 Å². The number of hydrogen-bond donors (Lipinski definition) is 1. The van der Waals surface area contributed by atoms with Crippen molar-refractivity contribution < 1.29 is 14.3 Å². The summed E-state index contributed by atoms with van der Waals surface area (Å²) in [4.78, 5) is 19.2. The first-order valence-corrected chi connectivity index (χ1v) is 12.2. The summed E-state index contributed by atoms with van der Waals surface area (Å²) in [7, 11) is 0. The molecule has 1 unspecified atom stereocenters. The Hall–Kier alpha value is -1.77. The number of piperidine rings is 1. The molecule has 0 bridgehead atoms. The quantitative estimate of drug-likeness (QED) is 0.619. The van der Waals surface area contributed by atoms with Crippen molar-refractivity contribution in [3.63, 3.8) is 0 Å². The molecule has 0 saturated carbocycles. The SMILES string of the molecule is CSc1ncccc1C(=O)NCC1CCN(CC2COc3ccc(Br)cc3O2)CC1. The minimum Gasteiger partial charge on any atom is -0.486 e. The summed E-state index contributed by atoms with van der Waals surface area (Å²) in [6, 6.07) is 9.49. The lowest BCUT2D eigenvalue weighted by Crippen LogP contribution is -2.45. The van der Waals surface area contributed by atoms with Crippen molar-refractivity contribution in [3.05, 3.63) is 46.6 Å². The Morgan fingerprint density at radius 2 is 2.13 bits per heavy atom. The standard InChI is InChI=1S/C22H26BrN3O3S/c1-30-22-18(3-2-8-24-22)21(27)25-12-15-6-9-26(10-7-15)13-17-14-28-19-5-4-16(23)11-20(19)29-17/h2-5,8,11,15,17H,6-7,9-10,12-14H2,1H3,(H,25,27). The Balaban J connectivity index is 1.21.